The standard InChI is InChI=1S/C15H16N2O4/c18-14(19)13(11-5-2-1-3-6-11)10-17-15(20)16-9-12-7-4-8-21-12/h1-8,13H,9-10H2,(H,18,19)(H2,16,17,20). The Morgan fingerprint density at radius 2 is 1.86 bits per heavy atom. The van der Waals surface area contributed by atoms with E-state index in [2.05, 4.69) is 10.6 Å². The maximum absolute atomic E-state index is 11.6. The zero-order valence-electron chi connectivity index (χ0n) is 11.3. The van der Waals surface area contributed by atoms with Gasteiger partial charge in [0, 0.05) is 6.54 Å². The Morgan fingerprint density at radius 1 is 1.10 bits per heavy atom. The molecule has 1 atom stereocenters. The number of carbonyl (C=O) groups is 2. The number of benzene rings is 1. The molecular formula is C15H16N2O4. The fraction of sp³-hybridized carbons (Fsp3) is 0.200. The molecule has 1 aromatic carbocycles. The van der Waals surface area contributed by atoms with Crippen LogP contribution in [0.2, 0.25) is 0 Å². The number of hydrogen-bond donors (Lipinski definition) is 3. The summed E-state index contributed by atoms with van der Waals surface area (Å²) in [5, 5.41) is 14.4. The molecule has 0 aliphatic rings. The predicted octanol–water partition coefficient (Wildman–Crippen LogP) is 1.95. The van der Waals surface area contributed by atoms with Crippen molar-refractivity contribution in [3.05, 3.63) is 60.1 Å². The van der Waals surface area contributed by atoms with Crippen LogP contribution in [0.1, 0.15) is 17.2 Å². The van der Waals surface area contributed by atoms with Gasteiger partial charge in [0.05, 0.1) is 18.7 Å². The van der Waals surface area contributed by atoms with Crippen molar-refractivity contribution in [2.75, 3.05) is 6.54 Å². The van der Waals surface area contributed by atoms with Crippen molar-refractivity contribution in [3.8, 4) is 0 Å². The number of aliphatic carboxylic acids is 1. The molecule has 2 rings (SSSR count). The van der Waals surface area contributed by atoms with Crippen LogP contribution in [0.15, 0.2) is 53.1 Å². The minimum absolute atomic E-state index is 0.0172. The van der Waals surface area contributed by atoms with E-state index < -0.39 is 17.9 Å². The Balaban J connectivity index is 1.84. The third kappa shape index (κ3) is 4.38. The van der Waals surface area contributed by atoms with Crippen LogP contribution in [0.5, 0.6) is 0 Å². The van der Waals surface area contributed by atoms with Crippen molar-refractivity contribution in [2.45, 2.75) is 12.5 Å². The summed E-state index contributed by atoms with van der Waals surface area (Å²) in [6, 6.07) is 11.8. The minimum Gasteiger partial charge on any atom is -0.481 e. The lowest BCUT2D eigenvalue weighted by Crippen LogP contribution is -2.38. The van der Waals surface area contributed by atoms with Gasteiger partial charge >= 0.3 is 12.0 Å². The van der Waals surface area contributed by atoms with Crippen LogP contribution in [0.25, 0.3) is 0 Å². The molecule has 1 aromatic heterocycles. The maximum atomic E-state index is 11.6. The molecule has 0 bridgehead atoms. The zero-order valence-corrected chi connectivity index (χ0v) is 11.3. The Bertz CT molecular complexity index is 581. The van der Waals surface area contributed by atoms with Gasteiger partial charge in [-0.1, -0.05) is 30.3 Å². The Hall–Kier alpha value is -2.76. The molecule has 0 aliphatic heterocycles. The van der Waals surface area contributed by atoms with E-state index in [1.807, 2.05) is 6.07 Å². The SMILES string of the molecule is O=C(NCc1ccco1)NCC(C(=O)O)c1ccccc1. The largest absolute Gasteiger partial charge is 0.481 e. The van der Waals surface area contributed by atoms with Crippen LogP contribution >= 0.6 is 0 Å². The average molecular weight is 288 g/mol. The van der Waals surface area contributed by atoms with Crippen LogP contribution in [0.4, 0.5) is 4.79 Å². The number of carbonyl (C=O) groups excluding carboxylic acids is 1. The number of carboxylic acids is 1. The first-order chi connectivity index (χ1) is 10.2. The minimum atomic E-state index is -0.979. The summed E-state index contributed by atoms with van der Waals surface area (Å²) in [5.41, 5.74) is 0.649. The Morgan fingerprint density at radius 3 is 2.48 bits per heavy atom. The van der Waals surface area contributed by atoms with Crippen LogP contribution in [0, 0.1) is 0 Å². The second-order valence-corrected chi connectivity index (χ2v) is 4.44. The lowest BCUT2D eigenvalue weighted by molar-refractivity contribution is -0.138. The fourth-order valence-corrected chi connectivity index (χ4v) is 1.87. The van der Waals surface area contributed by atoms with Gasteiger partial charge in [-0.05, 0) is 17.7 Å². The molecule has 0 spiro atoms. The molecule has 0 radical (unpaired) electrons. The van der Waals surface area contributed by atoms with Gasteiger partial charge in [0.15, 0.2) is 0 Å². The summed E-state index contributed by atoms with van der Waals surface area (Å²) in [4.78, 5) is 22.9. The molecule has 6 heteroatoms. The molecule has 2 amide bonds. The van der Waals surface area contributed by atoms with E-state index in [0.717, 1.165) is 0 Å². The van der Waals surface area contributed by atoms with Gasteiger partial charge < -0.3 is 20.2 Å². The van der Waals surface area contributed by atoms with Crippen molar-refractivity contribution in [1.29, 1.82) is 0 Å². The highest BCUT2D eigenvalue weighted by Gasteiger charge is 2.20. The monoisotopic (exact) mass is 288 g/mol. The quantitative estimate of drug-likeness (QED) is 0.757. The van der Waals surface area contributed by atoms with E-state index >= 15 is 0 Å². The number of nitrogens with one attached hydrogen (secondary N) is 2. The first-order valence-electron chi connectivity index (χ1n) is 6.48. The van der Waals surface area contributed by atoms with Crippen molar-refractivity contribution >= 4 is 12.0 Å². The summed E-state index contributed by atoms with van der Waals surface area (Å²) in [6.07, 6.45) is 1.52. The number of amides is 2. The number of carboxylic acid groups (broad SMARTS) is 1. The lowest BCUT2D eigenvalue weighted by Gasteiger charge is -2.14. The van der Waals surface area contributed by atoms with Crippen LogP contribution < -0.4 is 10.6 Å². The molecule has 110 valence electrons. The number of furan rings is 1. The average Bonchev–Trinajstić information content (AvgIpc) is 2.99. The lowest BCUT2D eigenvalue weighted by atomic mass is 9.99. The summed E-state index contributed by atoms with van der Waals surface area (Å²) >= 11 is 0. The highest BCUT2D eigenvalue weighted by molar-refractivity contribution is 5.79. The molecule has 6 nitrogen and oxygen atoms in total. The van der Waals surface area contributed by atoms with Crippen molar-refractivity contribution in [3.63, 3.8) is 0 Å². The molecule has 0 saturated heterocycles. The van der Waals surface area contributed by atoms with Gasteiger partial charge in [-0.3, -0.25) is 4.79 Å². The van der Waals surface area contributed by atoms with Crippen LogP contribution in [-0.4, -0.2) is 23.7 Å². The maximum Gasteiger partial charge on any atom is 0.315 e. The predicted molar refractivity (Wildman–Crippen MR) is 75.8 cm³/mol. The number of hydrogen-bond acceptors (Lipinski definition) is 3. The van der Waals surface area contributed by atoms with E-state index in [-0.39, 0.29) is 13.1 Å². The highest BCUT2D eigenvalue weighted by atomic mass is 16.4. The van der Waals surface area contributed by atoms with Crippen molar-refractivity contribution in [1.82, 2.24) is 10.6 Å². The third-order valence-electron chi connectivity index (χ3n) is 2.97. The number of rotatable bonds is 6. The van der Waals surface area contributed by atoms with Gasteiger partial charge in [0.25, 0.3) is 0 Å². The second kappa shape index (κ2) is 7.14. The van der Waals surface area contributed by atoms with Crippen molar-refractivity contribution < 1.29 is 19.1 Å². The third-order valence-corrected chi connectivity index (χ3v) is 2.97. The zero-order chi connectivity index (χ0) is 15.1. The van der Waals surface area contributed by atoms with E-state index in [9.17, 15) is 14.7 Å². The Kier molecular flexibility index (Phi) is 4.98. The van der Waals surface area contributed by atoms with Gasteiger partial charge in [-0.2, -0.15) is 0 Å². The summed E-state index contributed by atoms with van der Waals surface area (Å²) in [6.45, 7) is 0.269. The summed E-state index contributed by atoms with van der Waals surface area (Å²) < 4.78 is 5.08. The van der Waals surface area contributed by atoms with E-state index in [0.29, 0.717) is 11.3 Å². The van der Waals surface area contributed by atoms with Gasteiger partial charge in [-0.25, -0.2) is 4.79 Å². The molecule has 0 saturated carbocycles. The topological polar surface area (TPSA) is 91.6 Å². The highest BCUT2D eigenvalue weighted by Crippen LogP contribution is 2.14. The second-order valence-electron chi connectivity index (χ2n) is 4.44. The molecule has 1 unspecified atom stereocenters. The number of urea groups is 1. The molecule has 1 heterocycles. The van der Waals surface area contributed by atoms with Gasteiger partial charge in [-0.15, -0.1) is 0 Å². The van der Waals surface area contributed by atoms with Gasteiger partial charge in [0.1, 0.15) is 5.76 Å². The first kappa shape index (κ1) is 14.6. The Labute approximate surface area is 121 Å². The molecule has 0 aliphatic carbocycles. The van der Waals surface area contributed by atoms with E-state index in [1.54, 1.807) is 36.4 Å². The first-order valence-corrected chi connectivity index (χ1v) is 6.48. The summed E-state index contributed by atoms with van der Waals surface area (Å²) in [7, 11) is 0. The van der Waals surface area contributed by atoms with E-state index in [1.165, 1.54) is 6.26 Å². The van der Waals surface area contributed by atoms with E-state index in [4.69, 9.17) is 4.42 Å². The summed E-state index contributed by atoms with van der Waals surface area (Å²) in [5.74, 6) is -1.13. The normalized spacial score (nSPS) is 11.6. The molecule has 0 fully saturated rings. The van der Waals surface area contributed by atoms with Crippen molar-refractivity contribution in [2.24, 2.45) is 0 Å². The smallest absolute Gasteiger partial charge is 0.315 e. The molecule has 3 N–H and O–H groups in total. The van der Waals surface area contributed by atoms with Gasteiger partial charge in [0.2, 0.25) is 0 Å². The molecule has 21 heavy (non-hydrogen) atoms. The fourth-order valence-electron chi connectivity index (χ4n) is 1.87. The molecule has 2 aromatic rings. The van der Waals surface area contributed by atoms with Crippen LogP contribution in [-0.2, 0) is 11.3 Å². The van der Waals surface area contributed by atoms with Crippen LogP contribution in [0.3, 0.4) is 0 Å². The molecular weight excluding hydrogens is 272 g/mol.